The van der Waals surface area contributed by atoms with E-state index < -0.39 is 49.4 Å². The molecule has 3 aromatic rings. The van der Waals surface area contributed by atoms with Crippen LogP contribution in [0, 0.1) is 0 Å². The van der Waals surface area contributed by atoms with Crippen molar-refractivity contribution in [3.63, 3.8) is 0 Å². The lowest BCUT2D eigenvalue weighted by molar-refractivity contribution is -0.142. The standard InChI is InChI=1S/C17H10Cl2F3N3O4S/c1-30(27,28)11-3-2-6-23-12(11)15-24-14(17(20,21)22)13(16(26)25-15)29-8-4-5-9(18)10(19)7-8/h2-7H,1H3,(H,24,25,26). The van der Waals surface area contributed by atoms with Gasteiger partial charge in [0.2, 0.25) is 5.75 Å². The van der Waals surface area contributed by atoms with E-state index in [9.17, 15) is 26.4 Å². The Hall–Kier alpha value is -2.63. The summed E-state index contributed by atoms with van der Waals surface area (Å²) in [7, 11) is -3.87. The summed E-state index contributed by atoms with van der Waals surface area (Å²) in [6.07, 6.45) is -3.11. The van der Waals surface area contributed by atoms with Gasteiger partial charge >= 0.3 is 6.18 Å². The Balaban J connectivity index is 2.21. The Kier molecular flexibility index (Phi) is 5.81. The minimum Gasteiger partial charge on any atom is -0.449 e. The maximum atomic E-state index is 13.6. The molecule has 0 saturated heterocycles. The predicted molar refractivity (Wildman–Crippen MR) is 103 cm³/mol. The zero-order valence-corrected chi connectivity index (χ0v) is 17.1. The largest absolute Gasteiger partial charge is 0.449 e. The normalized spacial score (nSPS) is 12.1. The molecule has 2 aromatic heterocycles. The summed E-state index contributed by atoms with van der Waals surface area (Å²) in [5, 5.41) is 0.126. The molecule has 0 atom stereocenters. The molecule has 0 bridgehead atoms. The maximum Gasteiger partial charge on any atom is 0.437 e. The third-order valence-electron chi connectivity index (χ3n) is 3.65. The molecule has 0 radical (unpaired) electrons. The molecule has 1 N–H and O–H groups in total. The smallest absolute Gasteiger partial charge is 0.437 e. The highest BCUT2D eigenvalue weighted by Gasteiger charge is 2.39. The third-order valence-corrected chi connectivity index (χ3v) is 5.52. The Labute approximate surface area is 177 Å². The van der Waals surface area contributed by atoms with E-state index in [0.717, 1.165) is 24.6 Å². The highest BCUT2D eigenvalue weighted by Crippen LogP contribution is 2.37. The van der Waals surface area contributed by atoms with Crippen LogP contribution in [-0.2, 0) is 16.0 Å². The van der Waals surface area contributed by atoms with Crippen LogP contribution in [0.2, 0.25) is 10.0 Å². The lowest BCUT2D eigenvalue weighted by Crippen LogP contribution is -2.21. The average molecular weight is 480 g/mol. The molecule has 0 aliphatic heterocycles. The first kappa shape index (κ1) is 22.1. The first-order chi connectivity index (χ1) is 13.9. The molecular formula is C17H10Cl2F3N3O4S. The van der Waals surface area contributed by atoms with E-state index in [1.54, 1.807) is 0 Å². The van der Waals surface area contributed by atoms with E-state index in [1.807, 2.05) is 0 Å². The molecule has 1 aromatic carbocycles. The summed E-state index contributed by atoms with van der Waals surface area (Å²) in [4.78, 5) is 21.3. The second-order valence-corrected chi connectivity index (χ2v) is 8.69. The molecule has 0 aliphatic rings. The SMILES string of the molecule is CS(=O)(=O)c1cccnc1-c1nc(C(F)(F)F)c(Oc2ccc(Cl)c(Cl)c2)c(=O)[nH]1. The predicted octanol–water partition coefficient (Wildman–Crippen LogP) is 4.35. The first-order valence-electron chi connectivity index (χ1n) is 7.88. The monoisotopic (exact) mass is 479 g/mol. The van der Waals surface area contributed by atoms with Crippen molar-refractivity contribution in [3.05, 3.63) is 62.6 Å². The van der Waals surface area contributed by atoms with Crippen molar-refractivity contribution in [1.29, 1.82) is 0 Å². The van der Waals surface area contributed by atoms with Gasteiger partial charge in [-0.05, 0) is 24.3 Å². The summed E-state index contributed by atoms with van der Waals surface area (Å²) >= 11 is 11.6. The van der Waals surface area contributed by atoms with E-state index in [2.05, 4.69) is 15.0 Å². The van der Waals surface area contributed by atoms with Crippen molar-refractivity contribution in [2.24, 2.45) is 0 Å². The Bertz CT molecular complexity index is 1290. The van der Waals surface area contributed by atoms with Gasteiger partial charge in [-0.1, -0.05) is 23.2 Å². The van der Waals surface area contributed by atoms with E-state index >= 15 is 0 Å². The lowest BCUT2D eigenvalue weighted by Gasteiger charge is -2.14. The first-order valence-corrected chi connectivity index (χ1v) is 10.5. The number of sulfone groups is 1. The van der Waals surface area contributed by atoms with E-state index in [0.29, 0.717) is 0 Å². The van der Waals surface area contributed by atoms with Gasteiger partial charge in [0.05, 0.1) is 14.9 Å². The molecule has 0 unspecified atom stereocenters. The summed E-state index contributed by atoms with van der Waals surface area (Å²) in [6.45, 7) is 0. The minimum atomic E-state index is -5.10. The van der Waals surface area contributed by atoms with Crippen molar-refractivity contribution < 1.29 is 26.3 Å². The van der Waals surface area contributed by atoms with Gasteiger partial charge in [0.25, 0.3) is 5.56 Å². The second kappa shape index (κ2) is 7.89. The molecule has 2 heterocycles. The van der Waals surface area contributed by atoms with Crippen LogP contribution in [0.25, 0.3) is 11.5 Å². The van der Waals surface area contributed by atoms with Gasteiger partial charge in [0.1, 0.15) is 11.4 Å². The molecule has 0 spiro atoms. The van der Waals surface area contributed by atoms with Crippen LogP contribution >= 0.6 is 23.2 Å². The van der Waals surface area contributed by atoms with Crippen molar-refractivity contribution in [1.82, 2.24) is 15.0 Å². The third kappa shape index (κ3) is 4.58. The number of rotatable bonds is 4. The molecule has 13 heteroatoms. The fraction of sp³-hybridized carbons (Fsp3) is 0.118. The Morgan fingerprint density at radius 3 is 2.43 bits per heavy atom. The van der Waals surface area contributed by atoms with Gasteiger partial charge in [0, 0.05) is 18.5 Å². The number of benzene rings is 1. The van der Waals surface area contributed by atoms with E-state index in [-0.39, 0.29) is 15.8 Å². The zero-order valence-electron chi connectivity index (χ0n) is 14.8. The van der Waals surface area contributed by atoms with Crippen molar-refractivity contribution >= 4 is 33.0 Å². The van der Waals surface area contributed by atoms with Crippen molar-refractivity contribution in [2.75, 3.05) is 6.26 Å². The van der Waals surface area contributed by atoms with Gasteiger partial charge in [-0.25, -0.2) is 13.4 Å². The molecule has 0 amide bonds. The van der Waals surface area contributed by atoms with Crippen LogP contribution in [0.3, 0.4) is 0 Å². The fourth-order valence-corrected chi connectivity index (χ4v) is 3.50. The quantitative estimate of drug-likeness (QED) is 0.596. The van der Waals surface area contributed by atoms with Crippen LogP contribution in [0.15, 0.2) is 46.2 Å². The Morgan fingerprint density at radius 1 is 1.13 bits per heavy atom. The van der Waals surface area contributed by atoms with Crippen LogP contribution in [0.1, 0.15) is 5.69 Å². The lowest BCUT2D eigenvalue weighted by atomic mass is 10.3. The van der Waals surface area contributed by atoms with Gasteiger partial charge in [-0.15, -0.1) is 0 Å². The summed E-state index contributed by atoms with van der Waals surface area (Å²) in [5.74, 6) is -2.03. The molecule has 3 rings (SSSR count). The highest BCUT2D eigenvalue weighted by molar-refractivity contribution is 7.90. The molecule has 158 valence electrons. The van der Waals surface area contributed by atoms with E-state index in [1.165, 1.54) is 18.2 Å². The van der Waals surface area contributed by atoms with Gasteiger partial charge in [0.15, 0.2) is 21.4 Å². The number of hydrogen-bond acceptors (Lipinski definition) is 6. The summed E-state index contributed by atoms with van der Waals surface area (Å²) in [6, 6.07) is 6.02. The average Bonchev–Trinajstić information content (AvgIpc) is 2.64. The molecular weight excluding hydrogens is 470 g/mol. The van der Waals surface area contributed by atoms with Gasteiger partial charge < -0.3 is 9.72 Å². The molecule has 0 saturated carbocycles. The molecule has 7 nitrogen and oxygen atoms in total. The van der Waals surface area contributed by atoms with Crippen LogP contribution in [0.4, 0.5) is 13.2 Å². The number of H-pyrrole nitrogens is 1. The van der Waals surface area contributed by atoms with Gasteiger partial charge in [-0.2, -0.15) is 13.2 Å². The van der Waals surface area contributed by atoms with Crippen LogP contribution in [-0.4, -0.2) is 29.6 Å². The number of aromatic nitrogens is 3. The number of nitrogens with zero attached hydrogens (tertiary/aromatic N) is 2. The summed E-state index contributed by atoms with van der Waals surface area (Å²) in [5.41, 5.74) is -3.41. The Morgan fingerprint density at radius 2 is 1.83 bits per heavy atom. The van der Waals surface area contributed by atoms with Crippen LogP contribution in [0.5, 0.6) is 11.5 Å². The van der Waals surface area contributed by atoms with E-state index in [4.69, 9.17) is 27.9 Å². The molecule has 0 aliphatic carbocycles. The maximum absolute atomic E-state index is 13.6. The fourth-order valence-electron chi connectivity index (χ4n) is 2.39. The number of nitrogens with one attached hydrogen (secondary N) is 1. The molecule has 0 fully saturated rings. The zero-order chi connectivity index (χ0) is 22.3. The van der Waals surface area contributed by atoms with Crippen molar-refractivity contribution in [3.8, 4) is 23.0 Å². The second-order valence-electron chi connectivity index (χ2n) is 5.89. The highest BCUT2D eigenvalue weighted by atomic mass is 35.5. The number of hydrogen-bond donors (Lipinski definition) is 1. The number of aromatic amines is 1. The summed E-state index contributed by atoms with van der Waals surface area (Å²) < 4.78 is 69.8. The number of alkyl halides is 3. The number of ether oxygens (including phenoxy) is 1. The number of pyridine rings is 1. The molecule has 30 heavy (non-hydrogen) atoms. The minimum absolute atomic E-state index is 0.00462. The number of halogens is 5. The van der Waals surface area contributed by atoms with Crippen LogP contribution < -0.4 is 10.3 Å². The van der Waals surface area contributed by atoms with Crippen molar-refractivity contribution in [2.45, 2.75) is 11.1 Å². The topological polar surface area (TPSA) is 102 Å². The van der Waals surface area contributed by atoms with Gasteiger partial charge in [-0.3, -0.25) is 9.78 Å².